The number of aryl methyl sites for hydroxylation is 2. The van der Waals surface area contributed by atoms with E-state index in [0.29, 0.717) is 16.9 Å². The quantitative estimate of drug-likeness (QED) is 0.560. The molecular formula is C24H26N2O3. The van der Waals surface area contributed by atoms with Crippen LogP contribution in [-0.4, -0.2) is 29.4 Å². The predicted molar refractivity (Wildman–Crippen MR) is 116 cm³/mol. The number of imide groups is 1. The van der Waals surface area contributed by atoms with Gasteiger partial charge in [-0.3, -0.25) is 14.5 Å². The molecule has 3 rings (SSSR count). The average Bonchev–Trinajstić information content (AvgIpc) is 2.90. The molecular weight excluding hydrogens is 364 g/mol. The fraction of sp³-hybridized carbons (Fsp3) is 0.250. The number of rotatable bonds is 7. The van der Waals surface area contributed by atoms with Crippen LogP contribution in [0.3, 0.4) is 0 Å². The third-order valence-electron chi connectivity index (χ3n) is 4.65. The minimum Gasteiger partial charge on any atom is -0.491 e. The molecule has 0 saturated heterocycles. The summed E-state index contributed by atoms with van der Waals surface area (Å²) >= 11 is 0. The Labute approximate surface area is 171 Å². The molecule has 1 aliphatic heterocycles. The molecule has 0 bridgehead atoms. The minimum absolute atomic E-state index is 0.0550. The summed E-state index contributed by atoms with van der Waals surface area (Å²) < 4.78 is 5.68. The van der Waals surface area contributed by atoms with Gasteiger partial charge < -0.3 is 10.1 Å². The van der Waals surface area contributed by atoms with Crippen LogP contribution in [0, 0.1) is 13.8 Å². The number of hydrogen-bond donors (Lipinski definition) is 1. The number of ether oxygens (including phenoxy) is 1. The number of benzene rings is 2. The topological polar surface area (TPSA) is 58.6 Å². The molecule has 0 aromatic heterocycles. The third-order valence-corrected chi connectivity index (χ3v) is 4.65. The van der Waals surface area contributed by atoms with Crippen LogP contribution in [0.2, 0.25) is 0 Å². The van der Waals surface area contributed by atoms with Gasteiger partial charge in [-0.15, -0.1) is 6.58 Å². The molecule has 29 heavy (non-hydrogen) atoms. The molecule has 0 unspecified atom stereocenters. The Bertz CT molecular complexity index is 988. The smallest absolute Gasteiger partial charge is 0.278 e. The Morgan fingerprint density at radius 1 is 1.07 bits per heavy atom. The van der Waals surface area contributed by atoms with Gasteiger partial charge in [-0.25, -0.2) is 0 Å². The zero-order chi connectivity index (χ0) is 21.1. The Hall–Kier alpha value is -3.34. The number of amides is 2. The molecule has 1 aliphatic rings. The highest BCUT2D eigenvalue weighted by Crippen LogP contribution is 2.32. The van der Waals surface area contributed by atoms with Gasteiger partial charge in [0.25, 0.3) is 11.8 Å². The molecule has 1 N–H and O–H groups in total. The maximum atomic E-state index is 13.0. The van der Waals surface area contributed by atoms with Gasteiger partial charge in [0.1, 0.15) is 11.4 Å². The van der Waals surface area contributed by atoms with Crippen LogP contribution in [0.4, 0.5) is 5.69 Å². The van der Waals surface area contributed by atoms with Crippen molar-refractivity contribution in [2.75, 3.05) is 11.9 Å². The molecule has 2 amide bonds. The van der Waals surface area contributed by atoms with Crippen molar-refractivity contribution in [1.29, 1.82) is 0 Å². The summed E-state index contributed by atoms with van der Waals surface area (Å²) in [6.07, 6.45) is 1.60. The fourth-order valence-corrected chi connectivity index (χ4v) is 3.23. The summed E-state index contributed by atoms with van der Waals surface area (Å²) in [5.74, 6) is 0.0293. The normalized spacial score (nSPS) is 14.0. The molecule has 0 atom stereocenters. The Kier molecular flexibility index (Phi) is 5.87. The van der Waals surface area contributed by atoms with E-state index in [1.54, 1.807) is 18.2 Å². The summed E-state index contributed by atoms with van der Waals surface area (Å²) in [7, 11) is 0. The van der Waals surface area contributed by atoms with E-state index in [4.69, 9.17) is 4.74 Å². The van der Waals surface area contributed by atoms with E-state index in [-0.39, 0.29) is 30.2 Å². The van der Waals surface area contributed by atoms with Gasteiger partial charge in [-0.05, 0) is 62.6 Å². The van der Waals surface area contributed by atoms with Gasteiger partial charge in [-0.1, -0.05) is 30.3 Å². The number of nitrogens with zero attached hydrogens (tertiary/aromatic N) is 1. The second-order valence-corrected chi connectivity index (χ2v) is 7.39. The Balaban J connectivity index is 2.05. The van der Waals surface area contributed by atoms with Crippen molar-refractivity contribution in [1.82, 2.24) is 4.90 Å². The highest BCUT2D eigenvalue weighted by molar-refractivity contribution is 6.36. The molecule has 5 nitrogen and oxygen atoms in total. The number of carbonyl (C=O) groups is 2. The van der Waals surface area contributed by atoms with Crippen molar-refractivity contribution in [3.8, 4) is 5.75 Å². The summed E-state index contributed by atoms with van der Waals surface area (Å²) in [6, 6.07) is 13.2. The average molecular weight is 390 g/mol. The molecule has 1 heterocycles. The van der Waals surface area contributed by atoms with Gasteiger partial charge in [0.2, 0.25) is 0 Å². The summed E-state index contributed by atoms with van der Waals surface area (Å²) in [5.41, 5.74) is 4.16. The van der Waals surface area contributed by atoms with Gasteiger partial charge >= 0.3 is 0 Å². The van der Waals surface area contributed by atoms with Gasteiger partial charge in [-0.2, -0.15) is 0 Å². The first-order valence-corrected chi connectivity index (χ1v) is 9.64. The molecule has 0 aliphatic carbocycles. The number of nitrogens with one attached hydrogen (secondary N) is 1. The third kappa shape index (κ3) is 4.24. The van der Waals surface area contributed by atoms with Crippen molar-refractivity contribution in [3.05, 3.63) is 77.5 Å². The lowest BCUT2D eigenvalue weighted by molar-refractivity contribution is -0.136. The fourth-order valence-electron chi connectivity index (χ4n) is 3.23. The van der Waals surface area contributed by atoms with Crippen LogP contribution in [0.15, 0.2) is 60.8 Å². The Morgan fingerprint density at radius 3 is 2.38 bits per heavy atom. The molecule has 0 spiro atoms. The van der Waals surface area contributed by atoms with Crippen LogP contribution < -0.4 is 10.1 Å². The van der Waals surface area contributed by atoms with E-state index in [1.807, 2.05) is 58.0 Å². The van der Waals surface area contributed by atoms with E-state index < -0.39 is 0 Å². The first-order valence-electron chi connectivity index (χ1n) is 9.64. The molecule has 0 saturated carbocycles. The summed E-state index contributed by atoms with van der Waals surface area (Å²) in [6.45, 7) is 11.7. The van der Waals surface area contributed by atoms with Crippen LogP contribution in [-0.2, 0) is 9.59 Å². The molecule has 0 radical (unpaired) electrons. The predicted octanol–water partition coefficient (Wildman–Crippen LogP) is 4.47. The standard InChI is InChI=1S/C24H26N2O3/c1-6-13-26-23(27)21(18-9-11-19(12-10-18)29-15(2)3)22(24(26)28)25-20-14-16(4)7-8-17(20)5/h6-12,14-15,25H,1,13H2,2-5H3. The van der Waals surface area contributed by atoms with Gasteiger partial charge in [0, 0.05) is 12.2 Å². The lowest BCUT2D eigenvalue weighted by atomic mass is 10.0. The lowest BCUT2D eigenvalue weighted by Crippen LogP contribution is -2.32. The molecule has 5 heteroatoms. The molecule has 150 valence electrons. The minimum atomic E-state index is -0.353. The highest BCUT2D eigenvalue weighted by Gasteiger charge is 2.38. The largest absolute Gasteiger partial charge is 0.491 e. The summed E-state index contributed by atoms with van der Waals surface area (Å²) in [5, 5.41) is 3.22. The number of hydrogen-bond acceptors (Lipinski definition) is 4. The van der Waals surface area contributed by atoms with Gasteiger partial charge in [0.15, 0.2) is 0 Å². The maximum absolute atomic E-state index is 13.0. The molecule has 2 aromatic rings. The van der Waals surface area contributed by atoms with Crippen molar-refractivity contribution in [2.45, 2.75) is 33.8 Å². The molecule has 2 aromatic carbocycles. The van der Waals surface area contributed by atoms with E-state index in [2.05, 4.69) is 11.9 Å². The zero-order valence-corrected chi connectivity index (χ0v) is 17.3. The van der Waals surface area contributed by atoms with Crippen molar-refractivity contribution >= 4 is 23.1 Å². The van der Waals surface area contributed by atoms with Gasteiger partial charge in [0.05, 0.1) is 11.7 Å². The Morgan fingerprint density at radius 2 is 1.76 bits per heavy atom. The second-order valence-electron chi connectivity index (χ2n) is 7.39. The van der Waals surface area contributed by atoms with E-state index >= 15 is 0 Å². The SMILES string of the molecule is C=CCN1C(=O)C(Nc2cc(C)ccc2C)=C(c2ccc(OC(C)C)cc2)C1=O. The first kappa shape index (κ1) is 20.4. The first-order chi connectivity index (χ1) is 13.8. The monoisotopic (exact) mass is 390 g/mol. The summed E-state index contributed by atoms with van der Waals surface area (Å²) in [4.78, 5) is 27.3. The van der Waals surface area contributed by atoms with Crippen LogP contribution in [0.1, 0.15) is 30.5 Å². The van der Waals surface area contributed by atoms with E-state index in [1.165, 1.54) is 4.90 Å². The number of carbonyl (C=O) groups excluding carboxylic acids is 2. The molecule has 0 fully saturated rings. The van der Waals surface area contributed by atoms with E-state index in [9.17, 15) is 9.59 Å². The van der Waals surface area contributed by atoms with Crippen molar-refractivity contribution < 1.29 is 14.3 Å². The van der Waals surface area contributed by atoms with Crippen molar-refractivity contribution in [2.24, 2.45) is 0 Å². The number of anilines is 1. The van der Waals surface area contributed by atoms with E-state index in [0.717, 1.165) is 16.8 Å². The van der Waals surface area contributed by atoms with Crippen molar-refractivity contribution in [3.63, 3.8) is 0 Å². The van der Waals surface area contributed by atoms with Crippen LogP contribution in [0.25, 0.3) is 5.57 Å². The second kappa shape index (κ2) is 8.35. The van der Waals surface area contributed by atoms with Crippen LogP contribution in [0.5, 0.6) is 5.75 Å². The highest BCUT2D eigenvalue weighted by atomic mass is 16.5. The maximum Gasteiger partial charge on any atom is 0.278 e. The zero-order valence-electron chi connectivity index (χ0n) is 17.3. The van der Waals surface area contributed by atoms with Crippen LogP contribution >= 0.6 is 0 Å². The lowest BCUT2D eigenvalue weighted by Gasteiger charge is -2.13.